The summed E-state index contributed by atoms with van der Waals surface area (Å²) in [6.07, 6.45) is 2.42. The number of ketones is 1. The second-order valence-electron chi connectivity index (χ2n) is 6.25. The molecule has 0 fully saturated rings. The van der Waals surface area contributed by atoms with Gasteiger partial charge in [0, 0.05) is 35.2 Å². The Labute approximate surface area is 151 Å². The number of carbonyl (C=O) groups excluding carboxylic acids is 1. The molecule has 1 atom stereocenters. The standard InChI is InChI=1S/C21H20N2O3/c1-2-25-21-15-6-3-5-14(13(15)9-11-23-21)19(24)17-8-4-7-16-18(22)10-12-26-20(16)17/h3-9,11,18H,2,10,12,22H2,1H3. The maximum atomic E-state index is 13.3. The van der Waals surface area contributed by atoms with E-state index in [4.69, 9.17) is 15.2 Å². The number of nitrogens with zero attached hydrogens (tertiary/aromatic N) is 1. The lowest BCUT2D eigenvalue weighted by molar-refractivity contribution is 0.103. The smallest absolute Gasteiger partial charge is 0.221 e. The second kappa shape index (κ2) is 6.77. The zero-order chi connectivity index (χ0) is 18.1. The van der Waals surface area contributed by atoms with Crippen LogP contribution in [-0.2, 0) is 0 Å². The maximum Gasteiger partial charge on any atom is 0.221 e. The first-order valence-corrected chi connectivity index (χ1v) is 8.77. The molecule has 0 saturated carbocycles. The number of pyridine rings is 1. The number of hydrogen-bond donors (Lipinski definition) is 1. The van der Waals surface area contributed by atoms with E-state index in [1.165, 1.54) is 0 Å². The topological polar surface area (TPSA) is 74.4 Å². The molecule has 132 valence electrons. The van der Waals surface area contributed by atoms with Crippen molar-refractivity contribution in [3.05, 3.63) is 65.4 Å². The van der Waals surface area contributed by atoms with Crippen LogP contribution in [-0.4, -0.2) is 24.0 Å². The highest BCUT2D eigenvalue weighted by molar-refractivity contribution is 6.18. The summed E-state index contributed by atoms with van der Waals surface area (Å²) in [5.41, 5.74) is 8.21. The van der Waals surface area contributed by atoms with Crippen molar-refractivity contribution < 1.29 is 14.3 Å². The lowest BCUT2D eigenvalue weighted by atomic mass is 9.93. The summed E-state index contributed by atoms with van der Waals surface area (Å²) in [5, 5.41) is 1.64. The van der Waals surface area contributed by atoms with Crippen LogP contribution in [0.15, 0.2) is 48.7 Å². The van der Waals surface area contributed by atoms with Gasteiger partial charge in [0.1, 0.15) is 5.75 Å². The minimum atomic E-state index is -0.104. The fraction of sp³-hybridized carbons (Fsp3) is 0.238. The molecule has 1 aliphatic rings. The molecular weight excluding hydrogens is 328 g/mol. The molecule has 1 aliphatic heterocycles. The second-order valence-corrected chi connectivity index (χ2v) is 6.25. The van der Waals surface area contributed by atoms with Gasteiger partial charge in [-0.05, 0) is 30.5 Å². The molecule has 0 saturated heterocycles. The molecule has 2 aromatic carbocycles. The SMILES string of the molecule is CCOc1nccc2c(C(=O)c3cccc4c3OCCC4N)cccc12. The van der Waals surface area contributed by atoms with Gasteiger partial charge in [-0.2, -0.15) is 0 Å². The summed E-state index contributed by atoms with van der Waals surface area (Å²) in [5.74, 6) is 1.05. The third-order valence-electron chi connectivity index (χ3n) is 4.66. The molecule has 0 aliphatic carbocycles. The number of para-hydroxylation sites is 1. The minimum Gasteiger partial charge on any atom is -0.492 e. The Balaban J connectivity index is 1.86. The van der Waals surface area contributed by atoms with E-state index >= 15 is 0 Å². The molecule has 3 aromatic rings. The molecule has 5 heteroatoms. The summed E-state index contributed by atoms with van der Waals surface area (Å²) in [4.78, 5) is 17.6. The number of carbonyl (C=O) groups is 1. The fourth-order valence-electron chi connectivity index (χ4n) is 3.41. The summed E-state index contributed by atoms with van der Waals surface area (Å²) in [6.45, 7) is 2.95. The van der Waals surface area contributed by atoms with Crippen LogP contribution in [0.5, 0.6) is 11.6 Å². The number of fused-ring (bicyclic) bond motifs is 2. The molecule has 4 rings (SSSR count). The fourth-order valence-corrected chi connectivity index (χ4v) is 3.41. The van der Waals surface area contributed by atoms with Crippen LogP contribution in [0.4, 0.5) is 0 Å². The molecule has 26 heavy (non-hydrogen) atoms. The van der Waals surface area contributed by atoms with Gasteiger partial charge in [-0.25, -0.2) is 4.98 Å². The summed E-state index contributed by atoms with van der Waals surface area (Å²) in [6, 6.07) is 12.9. The minimum absolute atomic E-state index is 0.0878. The first kappa shape index (κ1) is 16.5. The van der Waals surface area contributed by atoms with Crippen LogP contribution in [0.2, 0.25) is 0 Å². The van der Waals surface area contributed by atoms with E-state index in [0.29, 0.717) is 36.0 Å². The first-order chi connectivity index (χ1) is 12.7. The summed E-state index contributed by atoms with van der Waals surface area (Å²) in [7, 11) is 0. The van der Waals surface area contributed by atoms with Crippen LogP contribution in [0.1, 0.15) is 40.9 Å². The maximum absolute atomic E-state index is 13.3. The predicted molar refractivity (Wildman–Crippen MR) is 99.8 cm³/mol. The van der Waals surface area contributed by atoms with Crippen molar-refractivity contribution >= 4 is 16.6 Å². The Bertz CT molecular complexity index is 984. The zero-order valence-electron chi connectivity index (χ0n) is 14.6. The average molecular weight is 348 g/mol. The molecule has 2 heterocycles. The molecule has 0 radical (unpaired) electrons. The normalized spacial score (nSPS) is 16.0. The highest BCUT2D eigenvalue weighted by atomic mass is 16.5. The Morgan fingerprint density at radius 2 is 2.00 bits per heavy atom. The van der Waals surface area contributed by atoms with Gasteiger partial charge in [-0.15, -0.1) is 0 Å². The van der Waals surface area contributed by atoms with Gasteiger partial charge in [-0.3, -0.25) is 4.79 Å². The number of hydrogen-bond acceptors (Lipinski definition) is 5. The van der Waals surface area contributed by atoms with Gasteiger partial charge < -0.3 is 15.2 Å². The van der Waals surface area contributed by atoms with Crippen LogP contribution >= 0.6 is 0 Å². The average Bonchev–Trinajstić information content (AvgIpc) is 2.67. The van der Waals surface area contributed by atoms with E-state index in [1.54, 1.807) is 12.3 Å². The molecule has 0 bridgehead atoms. The largest absolute Gasteiger partial charge is 0.492 e. The summed E-state index contributed by atoms with van der Waals surface area (Å²) >= 11 is 0. The number of rotatable bonds is 4. The molecular formula is C21H20N2O3. The predicted octanol–water partition coefficient (Wildman–Crippen LogP) is 3.65. The zero-order valence-corrected chi connectivity index (χ0v) is 14.6. The van der Waals surface area contributed by atoms with Crippen molar-refractivity contribution in [1.82, 2.24) is 4.98 Å². The number of nitrogens with two attached hydrogens (primary N) is 1. The Morgan fingerprint density at radius 3 is 2.85 bits per heavy atom. The molecule has 5 nitrogen and oxygen atoms in total. The highest BCUT2D eigenvalue weighted by Crippen LogP contribution is 2.36. The van der Waals surface area contributed by atoms with Gasteiger partial charge in [0.05, 0.1) is 18.8 Å². The van der Waals surface area contributed by atoms with E-state index in [9.17, 15) is 4.79 Å². The number of ether oxygens (including phenoxy) is 2. The lowest BCUT2D eigenvalue weighted by Gasteiger charge is -2.24. The van der Waals surface area contributed by atoms with Gasteiger partial charge in [-0.1, -0.05) is 24.3 Å². The lowest BCUT2D eigenvalue weighted by Crippen LogP contribution is -2.22. The van der Waals surface area contributed by atoms with E-state index < -0.39 is 0 Å². The van der Waals surface area contributed by atoms with Gasteiger partial charge >= 0.3 is 0 Å². The van der Waals surface area contributed by atoms with Crippen LogP contribution < -0.4 is 15.2 Å². The van der Waals surface area contributed by atoms with E-state index in [-0.39, 0.29) is 11.8 Å². The van der Waals surface area contributed by atoms with Gasteiger partial charge in [0.15, 0.2) is 5.78 Å². The van der Waals surface area contributed by atoms with Crippen molar-refractivity contribution in [2.24, 2.45) is 5.73 Å². The Hall–Kier alpha value is -2.92. The van der Waals surface area contributed by atoms with E-state index in [2.05, 4.69) is 4.98 Å². The van der Waals surface area contributed by atoms with Crippen molar-refractivity contribution in [1.29, 1.82) is 0 Å². The number of aromatic nitrogens is 1. The summed E-state index contributed by atoms with van der Waals surface area (Å²) < 4.78 is 11.4. The van der Waals surface area contributed by atoms with E-state index in [1.807, 2.05) is 43.3 Å². The number of benzene rings is 2. The van der Waals surface area contributed by atoms with Crippen molar-refractivity contribution in [2.45, 2.75) is 19.4 Å². The Kier molecular flexibility index (Phi) is 4.31. The van der Waals surface area contributed by atoms with Crippen LogP contribution in [0.25, 0.3) is 10.8 Å². The van der Waals surface area contributed by atoms with Crippen LogP contribution in [0, 0.1) is 0 Å². The molecule has 1 unspecified atom stereocenters. The monoisotopic (exact) mass is 348 g/mol. The van der Waals surface area contributed by atoms with Crippen molar-refractivity contribution in [3.8, 4) is 11.6 Å². The van der Waals surface area contributed by atoms with Gasteiger partial charge in [0.25, 0.3) is 0 Å². The molecule has 0 spiro atoms. The van der Waals surface area contributed by atoms with Crippen molar-refractivity contribution in [3.63, 3.8) is 0 Å². The third kappa shape index (κ3) is 2.70. The molecule has 0 amide bonds. The quantitative estimate of drug-likeness (QED) is 0.729. The van der Waals surface area contributed by atoms with Crippen LogP contribution in [0.3, 0.4) is 0 Å². The molecule has 2 N–H and O–H groups in total. The Morgan fingerprint density at radius 1 is 1.19 bits per heavy atom. The third-order valence-corrected chi connectivity index (χ3v) is 4.66. The first-order valence-electron chi connectivity index (χ1n) is 8.77. The highest BCUT2D eigenvalue weighted by Gasteiger charge is 2.25. The molecule has 1 aromatic heterocycles. The van der Waals surface area contributed by atoms with Crippen molar-refractivity contribution in [2.75, 3.05) is 13.2 Å². The van der Waals surface area contributed by atoms with E-state index in [0.717, 1.165) is 22.8 Å². The van der Waals surface area contributed by atoms with Gasteiger partial charge in [0.2, 0.25) is 5.88 Å².